The Balaban J connectivity index is 1.71. The summed E-state index contributed by atoms with van der Waals surface area (Å²) >= 11 is 0. The fourth-order valence-corrected chi connectivity index (χ4v) is 3.66. The Labute approximate surface area is 212 Å². The minimum absolute atomic E-state index is 0.0448. The molecule has 0 spiro atoms. The zero-order chi connectivity index (χ0) is 27.4. The number of imidazole rings is 1. The quantitative estimate of drug-likeness (QED) is 0.256. The van der Waals surface area contributed by atoms with Crippen molar-refractivity contribution in [3.05, 3.63) is 71.7 Å². The van der Waals surface area contributed by atoms with Crippen molar-refractivity contribution < 1.29 is 35.9 Å². The standard InChI is InChI=1S/C25H21F6N5O2/c1-14-9-15(5-6-18(14)24(37)34-13-21(27)28)20-12-33-23-19(32-8-7-25(29,30)31)11-22(35-36(20)23)38-17-4-2-3-16(26)10-17/h2-6,9-12,21,32H,7-8,13H2,1H3,(H,34,37). The molecule has 200 valence electrons. The van der Waals surface area contributed by atoms with Crippen LogP contribution in [0.2, 0.25) is 0 Å². The first kappa shape index (κ1) is 26.8. The molecule has 2 aromatic carbocycles. The molecule has 0 fully saturated rings. The summed E-state index contributed by atoms with van der Waals surface area (Å²) in [5, 5.41) is 9.21. The van der Waals surface area contributed by atoms with Gasteiger partial charge in [0.05, 0.1) is 30.5 Å². The van der Waals surface area contributed by atoms with Crippen LogP contribution in [-0.4, -0.2) is 46.2 Å². The Hall–Kier alpha value is -4.29. The van der Waals surface area contributed by atoms with Crippen LogP contribution in [0.3, 0.4) is 0 Å². The summed E-state index contributed by atoms with van der Waals surface area (Å²) in [7, 11) is 0. The molecule has 0 saturated carbocycles. The molecule has 2 N–H and O–H groups in total. The van der Waals surface area contributed by atoms with Crippen LogP contribution in [0.15, 0.2) is 54.7 Å². The largest absolute Gasteiger partial charge is 0.437 e. The van der Waals surface area contributed by atoms with E-state index in [2.05, 4.69) is 20.7 Å². The van der Waals surface area contributed by atoms with E-state index in [9.17, 15) is 31.1 Å². The van der Waals surface area contributed by atoms with Crippen molar-refractivity contribution in [1.82, 2.24) is 19.9 Å². The molecule has 0 aliphatic rings. The second-order valence-electron chi connectivity index (χ2n) is 8.26. The number of amides is 1. The van der Waals surface area contributed by atoms with Gasteiger partial charge in [0, 0.05) is 29.8 Å². The van der Waals surface area contributed by atoms with Gasteiger partial charge < -0.3 is 15.4 Å². The predicted octanol–water partition coefficient (Wildman–Crippen LogP) is 6.00. The summed E-state index contributed by atoms with van der Waals surface area (Å²) < 4.78 is 83.7. The lowest BCUT2D eigenvalue weighted by atomic mass is 10.0. The van der Waals surface area contributed by atoms with Gasteiger partial charge in [-0.05, 0) is 36.8 Å². The number of aromatic nitrogens is 3. The van der Waals surface area contributed by atoms with Gasteiger partial charge in [-0.2, -0.15) is 13.2 Å². The number of benzene rings is 2. The fourth-order valence-electron chi connectivity index (χ4n) is 3.66. The summed E-state index contributed by atoms with van der Waals surface area (Å²) in [6, 6.07) is 11.3. The first-order valence-corrected chi connectivity index (χ1v) is 11.3. The van der Waals surface area contributed by atoms with Gasteiger partial charge in [-0.15, -0.1) is 5.10 Å². The summed E-state index contributed by atoms with van der Waals surface area (Å²) in [5.74, 6) is -1.14. The zero-order valence-electron chi connectivity index (χ0n) is 19.8. The second-order valence-corrected chi connectivity index (χ2v) is 8.26. The molecule has 4 aromatic rings. The summed E-state index contributed by atoms with van der Waals surface area (Å²) in [4.78, 5) is 16.5. The molecule has 0 unspecified atom stereocenters. The van der Waals surface area contributed by atoms with Crippen LogP contribution in [0.25, 0.3) is 16.9 Å². The molecule has 0 saturated heterocycles. The van der Waals surface area contributed by atoms with Crippen molar-refractivity contribution in [2.75, 3.05) is 18.4 Å². The molecule has 0 aliphatic heterocycles. The smallest absolute Gasteiger partial charge is 0.390 e. The third kappa shape index (κ3) is 6.52. The first-order chi connectivity index (χ1) is 18.0. The Bertz CT molecular complexity index is 1450. The normalized spacial score (nSPS) is 11.7. The number of carbonyl (C=O) groups is 1. The molecular formula is C25H21F6N5O2. The maximum Gasteiger partial charge on any atom is 0.390 e. The van der Waals surface area contributed by atoms with E-state index in [1.54, 1.807) is 19.1 Å². The third-order valence-corrected chi connectivity index (χ3v) is 5.37. The van der Waals surface area contributed by atoms with Crippen molar-refractivity contribution in [2.45, 2.75) is 25.9 Å². The van der Waals surface area contributed by atoms with Crippen LogP contribution in [0.1, 0.15) is 22.3 Å². The van der Waals surface area contributed by atoms with Crippen LogP contribution >= 0.6 is 0 Å². The first-order valence-electron chi connectivity index (χ1n) is 11.3. The van der Waals surface area contributed by atoms with Crippen molar-refractivity contribution in [3.63, 3.8) is 0 Å². The number of hydrogen-bond acceptors (Lipinski definition) is 5. The van der Waals surface area contributed by atoms with E-state index in [-0.39, 0.29) is 28.5 Å². The molecular weight excluding hydrogens is 516 g/mol. The van der Waals surface area contributed by atoms with E-state index in [1.165, 1.54) is 41.0 Å². The molecule has 7 nitrogen and oxygen atoms in total. The number of rotatable bonds is 9. The highest BCUT2D eigenvalue weighted by Gasteiger charge is 2.26. The number of nitrogens with zero attached hydrogens (tertiary/aromatic N) is 3. The number of aryl methyl sites for hydroxylation is 1. The summed E-state index contributed by atoms with van der Waals surface area (Å²) in [6.45, 7) is 0.405. The van der Waals surface area contributed by atoms with E-state index < -0.39 is 43.8 Å². The van der Waals surface area contributed by atoms with E-state index in [0.717, 1.165) is 6.07 Å². The van der Waals surface area contributed by atoms with E-state index >= 15 is 0 Å². The van der Waals surface area contributed by atoms with E-state index in [1.807, 2.05) is 0 Å². The summed E-state index contributed by atoms with van der Waals surface area (Å²) in [6.07, 6.45) is -6.72. The number of halogens is 6. The Morgan fingerprint density at radius 3 is 2.61 bits per heavy atom. The van der Waals surface area contributed by atoms with Crippen molar-refractivity contribution in [1.29, 1.82) is 0 Å². The van der Waals surface area contributed by atoms with Crippen molar-refractivity contribution in [2.24, 2.45) is 0 Å². The molecule has 4 rings (SSSR count). The molecule has 13 heteroatoms. The molecule has 0 aliphatic carbocycles. The van der Waals surface area contributed by atoms with Gasteiger partial charge in [0.15, 0.2) is 5.65 Å². The Kier molecular flexibility index (Phi) is 7.74. The van der Waals surface area contributed by atoms with E-state index in [4.69, 9.17) is 4.74 Å². The average molecular weight is 537 g/mol. The van der Waals surface area contributed by atoms with E-state index in [0.29, 0.717) is 16.8 Å². The highest BCUT2D eigenvalue weighted by atomic mass is 19.4. The van der Waals surface area contributed by atoms with Crippen LogP contribution in [0.5, 0.6) is 11.6 Å². The number of fused-ring (bicyclic) bond motifs is 1. The highest BCUT2D eigenvalue weighted by molar-refractivity contribution is 5.96. The van der Waals surface area contributed by atoms with Gasteiger partial charge in [0.1, 0.15) is 11.6 Å². The van der Waals surface area contributed by atoms with Crippen molar-refractivity contribution in [3.8, 4) is 22.9 Å². The number of alkyl halides is 5. The molecule has 0 bridgehead atoms. The molecule has 0 radical (unpaired) electrons. The maximum absolute atomic E-state index is 13.6. The average Bonchev–Trinajstić information content (AvgIpc) is 3.26. The van der Waals surface area contributed by atoms with Gasteiger partial charge in [-0.25, -0.2) is 22.7 Å². The van der Waals surface area contributed by atoms with Crippen LogP contribution in [-0.2, 0) is 0 Å². The van der Waals surface area contributed by atoms with Crippen molar-refractivity contribution >= 4 is 17.2 Å². The monoisotopic (exact) mass is 537 g/mol. The van der Waals surface area contributed by atoms with Crippen LogP contribution in [0, 0.1) is 12.7 Å². The summed E-state index contributed by atoms with van der Waals surface area (Å²) in [5.41, 5.74) is 2.02. The van der Waals surface area contributed by atoms with Gasteiger partial charge in [0.2, 0.25) is 5.88 Å². The minimum atomic E-state index is -4.38. The lowest BCUT2D eigenvalue weighted by Gasteiger charge is -2.13. The molecule has 38 heavy (non-hydrogen) atoms. The number of anilines is 1. The predicted molar refractivity (Wildman–Crippen MR) is 127 cm³/mol. The van der Waals surface area contributed by atoms with Gasteiger partial charge in [-0.3, -0.25) is 4.79 Å². The van der Waals surface area contributed by atoms with Gasteiger partial charge in [0.25, 0.3) is 12.3 Å². The number of carbonyl (C=O) groups excluding carboxylic acids is 1. The minimum Gasteiger partial charge on any atom is -0.437 e. The molecule has 0 atom stereocenters. The maximum atomic E-state index is 13.6. The zero-order valence-corrected chi connectivity index (χ0v) is 19.8. The molecule has 1 amide bonds. The fraction of sp³-hybridized carbons (Fsp3) is 0.240. The van der Waals surface area contributed by atoms with Crippen LogP contribution in [0.4, 0.5) is 32.0 Å². The van der Waals surface area contributed by atoms with Gasteiger partial charge >= 0.3 is 6.18 Å². The topological polar surface area (TPSA) is 80.6 Å². The van der Waals surface area contributed by atoms with Gasteiger partial charge in [-0.1, -0.05) is 12.1 Å². The number of nitrogens with one attached hydrogen (secondary N) is 2. The third-order valence-electron chi connectivity index (χ3n) is 5.37. The highest BCUT2D eigenvalue weighted by Crippen LogP contribution is 2.30. The second kappa shape index (κ2) is 11.0. The number of hydrogen-bond donors (Lipinski definition) is 2. The molecule has 2 aromatic heterocycles. The number of ether oxygens (including phenoxy) is 1. The molecule has 2 heterocycles. The lowest BCUT2D eigenvalue weighted by molar-refractivity contribution is -0.131. The SMILES string of the molecule is Cc1cc(-c2cnc3c(NCCC(F)(F)F)cc(Oc4cccc(F)c4)nn23)ccc1C(=O)NCC(F)F. The van der Waals surface area contributed by atoms with Crippen LogP contribution < -0.4 is 15.4 Å². The Morgan fingerprint density at radius 1 is 1.13 bits per heavy atom. The Morgan fingerprint density at radius 2 is 1.92 bits per heavy atom. The lowest BCUT2D eigenvalue weighted by Crippen LogP contribution is -2.28.